The lowest BCUT2D eigenvalue weighted by Crippen LogP contribution is -2.30. The van der Waals surface area contributed by atoms with Gasteiger partial charge in [-0.1, -0.05) is 27.7 Å². The Labute approximate surface area is 101 Å². The lowest BCUT2D eigenvalue weighted by atomic mass is 9.89. The summed E-state index contributed by atoms with van der Waals surface area (Å²) in [7, 11) is 0. The second-order valence-corrected chi connectivity index (χ2v) is 6.49. The number of esters is 1. The average Bonchev–Trinajstić information content (AvgIpc) is 1.97. The molecule has 16 heavy (non-hydrogen) atoms. The second-order valence-electron chi connectivity index (χ2n) is 6.49. The fraction of sp³-hybridized carbons (Fsp3) is 0.929. The number of carbonyl (C=O) groups is 1. The quantitative estimate of drug-likeness (QED) is 0.664. The van der Waals surface area contributed by atoms with E-state index < -0.39 is 0 Å². The van der Waals surface area contributed by atoms with Crippen molar-refractivity contribution in [1.82, 2.24) is 0 Å². The zero-order chi connectivity index (χ0) is 12.9. The lowest BCUT2D eigenvalue weighted by molar-refractivity contribution is -0.161. The van der Waals surface area contributed by atoms with E-state index in [-0.39, 0.29) is 17.5 Å². The first-order chi connectivity index (χ1) is 7.11. The monoisotopic (exact) mass is 228 g/mol. The van der Waals surface area contributed by atoms with Gasteiger partial charge in [0.25, 0.3) is 0 Å². The highest BCUT2D eigenvalue weighted by molar-refractivity contribution is 5.72. The van der Waals surface area contributed by atoms with Crippen LogP contribution in [0, 0.1) is 17.8 Å². The molecule has 0 radical (unpaired) electrons. The van der Waals surface area contributed by atoms with E-state index >= 15 is 0 Å². The predicted molar refractivity (Wildman–Crippen MR) is 68.2 cm³/mol. The highest BCUT2D eigenvalue weighted by atomic mass is 16.6. The number of rotatable bonds is 5. The van der Waals surface area contributed by atoms with Crippen molar-refractivity contribution in [1.29, 1.82) is 0 Å². The van der Waals surface area contributed by atoms with E-state index in [1.54, 1.807) is 0 Å². The van der Waals surface area contributed by atoms with Crippen LogP contribution in [0.3, 0.4) is 0 Å². The van der Waals surface area contributed by atoms with Gasteiger partial charge in [0.05, 0.1) is 5.92 Å². The fourth-order valence-corrected chi connectivity index (χ4v) is 1.81. The maximum atomic E-state index is 12.0. The summed E-state index contributed by atoms with van der Waals surface area (Å²) in [4.78, 5) is 12.0. The third kappa shape index (κ3) is 7.72. The molecular weight excluding hydrogens is 200 g/mol. The van der Waals surface area contributed by atoms with Crippen molar-refractivity contribution in [3.05, 3.63) is 0 Å². The van der Waals surface area contributed by atoms with Crippen LogP contribution < -0.4 is 0 Å². The Morgan fingerprint density at radius 3 is 1.62 bits per heavy atom. The smallest absolute Gasteiger partial charge is 0.309 e. The molecule has 96 valence electrons. The summed E-state index contributed by atoms with van der Waals surface area (Å²) in [6.07, 6.45) is 1.85. The van der Waals surface area contributed by atoms with Crippen LogP contribution in [-0.2, 0) is 9.53 Å². The molecule has 2 heteroatoms. The Morgan fingerprint density at radius 1 is 1.00 bits per heavy atom. The minimum absolute atomic E-state index is 0.0325. The minimum atomic E-state index is -0.372. The predicted octanol–water partition coefficient (Wildman–Crippen LogP) is 4.04. The maximum Gasteiger partial charge on any atom is 0.309 e. The molecule has 0 amide bonds. The van der Waals surface area contributed by atoms with Gasteiger partial charge in [0, 0.05) is 0 Å². The molecule has 0 spiro atoms. The van der Waals surface area contributed by atoms with Crippen LogP contribution >= 0.6 is 0 Å². The third-order valence-electron chi connectivity index (χ3n) is 2.25. The fourth-order valence-electron chi connectivity index (χ4n) is 1.81. The molecule has 0 saturated heterocycles. The Balaban J connectivity index is 4.44. The first kappa shape index (κ1) is 15.5. The molecule has 0 fully saturated rings. The van der Waals surface area contributed by atoms with E-state index in [1.165, 1.54) is 0 Å². The Kier molecular flexibility index (Phi) is 6.06. The Hall–Kier alpha value is -0.530. The largest absolute Gasteiger partial charge is 0.460 e. The lowest BCUT2D eigenvalue weighted by Gasteiger charge is -2.25. The summed E-state index contributed by atoms with van der Waals surface area (Å²) in [6.45, 7) is 14.4. The van der Waals surface area contributed by atoms with Gasteiger partial charge in [-0.2, -0.15) is 0 Å². The molecule has 0 aliphatic heterocycles. The number of carbonyl (C=O) groups excluding carboxylic acids is 1. The van der Waals surface area contributed by atoms with Crippen LogP contribution in [0.2, 0.25) is 0 Å². The number of hydrogen-bond acceptors (Lipinski definition) is 2. The van der Waals surface area contributed by atoms with Crippen molar-refractivity contribution in [3.8, 4) is 0 Å². The summed E-state index contributed by atoms with van der Waals surface area (Å²) in [5.41, 5.74) is -0.372. The van der Waals surface area contributed by atoms with Gasteiger partial charge in [0.1, 0.15) is 5.60 Å². The van der Waals surface area contributed by atoms with Crippen LogP contribution in [0.15, 0.2) is 0 Å². The van der Waals surface area contributed by atoms with E-state index in [1.807, 2.05) is 20.8 Å². The van der Waals surface area contributed by atoms with Gasteiger partial charge in [-0.25, -0.2) is 0 Å². The van der Waals surface area contributed by atoms with Gasteiger partial charge in [0.15, 0.2) is 0 Å². The average molecular weight is 228 g/mol. The zero-order valence-corrected chi connectivity index (χ0v) is 12.0. The SMILES string of the molecule is CC(C)CC(CC(C)C)C(=O)OC(C)(C)C. The molecule has 0 heterocycles. The molecule has 0 saturated carbocycles. The third-order valence-corrected chi connectivity index (χ3v) is 2.25. The van der Waals surface area contributed by atoms with Crippen molar-refractivity contribution in [2.75, 3.05) is 0 Å². The van der Waals surface area contributed by atoms with Crippen LogP contribution in [0.1, 0.15) is 61.3 Å². The summed E-state index contributed by atoms with van der Waals surface area (Å²) in [5.74, 6) is 1.10. The molecule has 0 aliphatic rings. The molecule has 0 N–H and O–H groups in total. The summed E-state index contributed by atoms with van der Waals surface area (Å²) >= 11 is 0. The summed E-state index contributed by atoms with van der Waals surface area (Å²) < 4.78 is 5.46. The van der Waals surface area contributed by atoms with Crippen molar-refractivity contribution >= 4 is 5.97 Å². The minimum Gasteiger partial charge on any atom is -0.460 e. The normalized spacial score (nSPS) is 12.6. The molecule has 0 aromatic carbocycles. The van der Waals surface area contributed by atoms with Gasteiger partial charge >= 0.3 is 5.97 Å². The summed E-state index contributed by atoms with van der Waals surface area (Å²) in [6, 6.07) is 0. The Bertz CT molecular complexity index is 201. The second kappa shape index (κ2) is 6.27. The first-order valence-corrected chi connectivity index (χ1v) is 6.34. The van der Waals surface area contributed by atoms with E-state index in [0.717, 1.165) is 12.8 Å². The van der Waals surface area contributed by atoms with E-state index in [4.69, 9.17) is 4.74 Å². The zero-order valence-electron chi connectivity index (χ0n) is 12.0. The van der Waals surface area contributed by atoms with Gasteiger partial charge in [-0.05, 0) is 45.4 Å². The van der Waals surface area contributed by atoms with Gasteiger partial charge in [-0.3, -0.25) is 4.79 Å². The van der Waals surface area contributed by atoms with Crippen molar-refractivity contribution in [2.45, 2.75) is 66.9 Å². The van der Waals surface area contributed by atoms with E-state index in [0.29, 0.717) is 11.8 Å². The summed E-state index contributed by atoms with van der Waals surface area (Å²) in [5, 5.41) is 0. The first-order valence-electron chi connectivity index (χ1n) is 6.34. The molecular formula is C14H28O2. The maximum absolute atomic E-state index is 12.0. The molecule has 2 nitrogen and oxygen atoms in total. The molecule has 0 aromatic heterocycles. The molecule has 0 rings (SSSR count). The van der Waals surface area contributed by atoms with Crippen LogP contribution in [0.25, 0.3) is 0 Å². The number of hydrogen-bond donors (Lipinski definition) is 0. The highest BCUT2D eigenvalue weighted by Crippen LogP contribution is 2.23. The van der Waals surface area contributed by atoms with Crippen molar-refractivity contribution < 1.29 is 9.53 Å². The van der Waals surface area contributed by atoms with Gasteiger partial charge < -0.3 is 4.74 Å². The van der Waals surface area contributed by atoms with Crippen molar-refractivity contribution in [3.63, 3.8) is 0 Å². The van der Waals surface area contributed by atoms with Gasteiger partial charge in [-0.15, -0.1) is 0 Å². The highest BCUT2D eigenvalue weighted by Gasteiger charge is 2.26. The van der Waals surface area contributed by atoms with Gasteiger partial charge in [0.2, 0.25) is 0 Å². The topological polar surface area (TPSA) is 26.3 Å². The molecule has 0 aromatic rings. The molecule has 0 atom stereocenters. The van der Waals surface area contributed by atoms with E-state index in [2.05, 4.69) is 27.7 Å². The number of ether oxygens (including phenoxy) is 1. The Morgan fingerprint density at radius 2 is 1.38 bits per heavy atom. The van der Waals surface area contributed by atoms with Crippen molar-refractivity contribution in [2.24, 2.45) is 17.8 Å². The van der Waals surface area contributed by atoms with E-state index in [9.17, 15) is 4.79 Å². The molecule has 0 aliphatic carbocycles. The molecule has 0 unspecified atom stereocenters. The van der Waals surface area contributed by atoms with Crippen LogP contribution in [0.5, 0.6) is 0 Å². The molecule has 0 bridgehead atoms. The van der Waals surface area contributed by atoms with Crippen LogP contribution in [0.4, 0.5) is 0 Å². The standard InChI is InChI=1S/C14H28O2/c1-10(2)8-12(9-11(3)4)13(15)16-14(5,6)7/h10-12H,8-9H2,1-7H3. The van der Waals surface area contributed by atoms with Crippen LogP contribution in [-0.4, -0.2) is 11.6 Å².